The lowest BCUT2D eigenvalue weighted by Crippen LogP contribution is -2.55. The molecule has 1 unspecified atom stereocenters. The summed E-state index contributed by atoms with van der Waals surface area (Å²) in [5.74, 6) is 1.40. The van der Waals surface area contributed by atoms with Gasteiger partial charge in [0.1, 0.15) is 6.10 Å². The molecule has 7 atom stereocenters. The summed E-state index contributed by atoms with van der Waals surface area (Å²) < 4.78 is 5.77. The minimum Gasteiger partial charge on any atom is -0.512 e. The summed E-state index contributed by atoms with van der Waals surface area (Å²) in [5, 5.41) is 22.4. The summed E-state index contributed by atoms with van der Waals surface area (Å²) in [7, 11) is 0. The van der Waals surface area contributed by atoms with Gasteiger partial charge >= 0.3 is 0 Å². The Morgan fingerprint density at radius 2 is 1.89 bits per heavy atom. The number of allylic oxidation sites excluding steroid dienone is 5. The first kappa shape index (κ1) is 26.5. The van der Waals surface area contributed by atoms with E-state index in [1.54, 1.807) is 0 Å². The van der Waals surface area contributed by atoms with Gasteiger partial charge in [0.25, 0.3) is 6.47 Å². The minimum absolute atomic E-state index is 0.0412. The lowest BCUT2D eigenvalue weighted by atomic mass is 9.44. The Labute approximate surface area is 212 Å². The third kappa shape index (κ3) is 3.76. The lowest BCUT2D eigenvalue weighted by Gasteiger charge is -2.61. The number of carbonyl (C=O) groups excluding carboxylic acids is 1. The molecule has 0 aliphatic heterocycles. The van der Waals surface area contributed by atoms with Crippen LogP contribution < -0.4 is 0 Å². The Morgan fingerprint density at radius 1 is 1.20 bits per heavy atom. The summed E-state index contributed by atoms with van der Waals surface area (Å²) in [5.41, 5.74) is 3.15. The highest BCUT2D eigenvalue weighted by Gasteiger charge is 2.65. The fourth-order valence-electron chi connectivity index (χ4n) is 8.74. The van der Waals surface area contributed by atoms with Crippen molar-refractivity contribution in [2.45, 2.75) is 112 Å². The Hall–Kier alpha value is -1.55. The second kappa shape index (κ2) is 8.78. The molecule has 4 aliphatic carbocycles. The zero-order chi connectivity index (χ0) is 26.0. The number of hydrogen-bond acceptors (Lipinski definition) is 4. The summed E-state index contributed by atoms with van der Waals surface area (Å²) in [6, 6.07) is 0. The summed E-state index contributed by atoms with van der Waals surface area (Å²) in [6.45, 7) is 20.6. The molecular formula is C31H48O4. The van der Waals surface area contributed by atoms with Crippen LogP contribution in [-0.2, 0) is 9.53 Å². The highest BCUT2D eigenvalue weighted by atomic mass is 16.5. The van der Waals surface area contributed by atoms with Gasteiger partial charge in [0, 0.05) is 17.8 Å². The Balaban J connectivity index is 1.72. The maximum atomic E-state index is 11.6. The molecule has 4 nitrogen and oxygen atoms in total. The predicted molar refractivity (Wildman–Crippen MR) is 141 cm³/mol. The third-order valence-corrected chi connectivity index (χ3v) is 11.6. The average molecular weight is 485 g/mol. The van der Waals surface area contributed by atoms with Crippen molar-refractivity contribution in [2.24, 2.45) is 39.4 Å². The smallest absolute Gasteiger partial charge is 0.293 e. The van der Waals surface area contributed by atoms with Gasteiger partial charge in [-0.25, -0.2) is 0 Å². The molecule has 196 valence electrons. The van der Waals surface area contributed by atoms with Crippen LogP contribution >= 0.6 is 0 Å². The van der Waals surface area contributed by atoms with Crippen LogP contribution in [0.5, 0.6) is 0 Å². The van der Waals surface area contributed by atoms with Crippen molar-refractivity contribution in [3.63, 3.8) is 0 Å². The van der Waals surface area contributed by atoms with E-state index < -0.39 is 0 Å². The molecule has 2 fully saturated rings. The molecule has 4 rings (SSSR count). The standard InChI is InChI=1S/C31H48O4/c1-19(2)20(3)9-10-24(35-18-32)21-11-16-31(8)27-22(12-15-30(21,31)7)29(6)14-13-26(34)28(4,5)25(29)17-23(27)33/h12,18-19,21,24-26,33-34H,3,9-11,13-17H2,1-2,4-8H3/t21-,24?,25+,26+,29-,30-,31+/m1/s1. The van der Waals surface area contributed by atoms with Crippen molar-refractivity contribution in [3.05, 3.63) is 35.1 Å². The normalized spacial score (nSPS) is 40.9. The molecule has 0 aromatic rings. The quantitative estimate of drug-likeness (QED) is 0.294. The van der Waals surface area contributed by atoms with E-state index in [0.29, 0.717) is 24.6 Å². The number of ether oxygens (including phenoxy) is 1. The van der Waals surface area contributed by atoms with Gasteiger partial charge in [-0.1, -0.05) is 66.7 Å². The van der Waals surface area contributed by atoms with Gasteiger partial charge in [0.2, 0.25) is 0 Å². The first-order valence-electron chi connectivity index (χ1n) is 13.8. The molecule has 4 aliphatic rings. The molecule has 0 radical (unpaired) electrons. The van der Waals surface area contributed by atoms with E-state index in [4.69, 9.17) is 4.74 Å². The van der Waals surface area contributed by atoms with Crippen molar-refractivity contribution in [2.75, 3.05) is 0 Å². The van der Waals surface area contributed by atoms with Gasteiger partial charge < -0.3 is 14.9 Å². The zero-order valence-corrected chi connectivity index (χ0v) is 23.1. The molecule has 2 saturated carbocycles. The number of rotatable bonds is 7. The Kier molecular flexibility index (Phi) is 6.65. The predicted octanol–water partition coefficient (Wildman–Crippen LogP) is 7.29. The molecule has 2 N–H and O–H groups in total. The number of aliphatic hydroxyl groups is 2. The van der Waals surface area contributed by atoms with Crippen LogP contribution in [-0.4, -0.2) is 28.9 Å². The van der Waals surface area contributed by atoms with Crippen LogP contribution in [0.2, 0.25) is 0 Å². The number of aliphatic hydroxyl groups excluding tert-OH is 2. The van der Waals surface area contributed by atoms with Crippen molar-refractivity contribution >= 4 is 6.47 Å². The highest BCUT2D eigenvalue weighted by Crippen LogP contribution is 2.72. The second-order valence-electron chi connectivity index (χ2n) is 13.7. The molecule has 0 heterocycles. The number of carbonyl (C=O) groups is 1. The van der Waals surface area contributed by atoms with Gasteiger partial charge in [0.15, 0.2) is 0 Å². The van der Waals surface area contributed by atoms with E-state index >= 15 is 0 Å². The molecule has 0 saturated heterocycles. The van der Waals surface area contributed by atoms with E-state index in [-0.39, 0.29) is 45.7 Å². The summed E-state index contributed by atoms with van der Waals surface area (Å²) in [6.07, 6.45) is 8.90. The van der Waals surface area contributed by atoms with Gasteiger partial charge in [-0.15, -0.1) is 0 Å². The van der Waals surface area contributed by atoms with Crippen molar-refractivity contribution in [1.29, 1.82) is 0 Å². The van der Waals surface area contributed by atoms with E-state index in [9.17, 15) is 15.0 Å². The summed E-state index contributed by atoms with van der Waals surface area (Å²) >= 11 is 0. The van der Waals surface area contributed by atoms with Crippen molar-refractivity contribution in [3.8, 4) is 0 Å². The highest BCUT2D eigenvalue weighted by molar-refractivity contribution is 5.51. The van der Waals surface area contributed by atoms with Gasteiger partial charge in [0.05, 0.1) is 11.9 Å². The van der Waals surface area contributed by atoms with Gasteiger partial charge in [-0.05, 0) is 84.2 Å². The van der Waals surface area contributed by atoms with E-state index in [2.05, 4.69) is 61.1 Å². The Morgan fingerprint density at radius 3 is 2.51 bits per heavy atom. The van der Waals surface area contributed by atoms with E-state index in [1.807, 2.05) is 0 Å². The van der Waals surface area contributed by atoms with Crippen LogP contribution in [0.25, 0.3) is 0 Å². The zero-order valence-electron chi connectivity index (χ0n) is 23.1. The topological polar surface area (TPSA) is 66.8 Å². The van der Waals surface area contributed by atoms with E-state index in [0.717, 1.165) is 50.5 Å². The monoisotopic (exact) mass is 484 g/mol. The van der Waals surface area contributed by atoms with Crippen LogP contribution in [0, 0.1) is 39.4 Å². The van der Waals surface area contributed by atoms with Gasteiger partial charge in [-0.3, -0.25) is 4.79 Å². The molecule has 0 bridgehead atoms. The molecular weight excluding hydrogens is 436 g/mol. The summed E-state index contributed by atoms with van der Waals surface area (Å²) in [4.78, 5) is 11.5. The fourth-order valence-corrected chi connectivity index (χ4v) is 8.74. The molecule has 0 aromatic heterocycles. The van der Waals surface area contributed by atoms with Crippen LogP contribution in [0.1, 0.15) is 99.8 Å². The van der Waals surface area contributed by atoms with Gasteiger partial charge in [-0.2, -0.15) is 0 Å². The molecule has 0 spiro atoms. The molecule has 0 aromatic carbocycles. The minimum atomic E-state index is -0.335. The van der Waals surface area contributed by atoms with Crippen LogP contribution in [0.15, 0.2) is 35.1 Å². The van der Waals surface area contributed by atoms with E-state index in [1.165, 1.54) is 11.1 Å². The second-order valence-corrected chi connectivity index (χ2v) is 13.7. The SMILES string of the molecule is C=C(CCC(OC=O)[C@H]1CC[C@@]2(C)C3=C(O)C[C@H]4C(C)(C)[C@@H](O)CC[C@]4(C)C3=CC[C@]12C)C(C)C. The van der Waals surface area contributed by atoms with Crippen LogP contribution in [0.4, 0.5) is 0 Å². The molecule has 35 heavy (non-hydrogen) atoms. The first-order chi connectivity index (χ1) is 16.2. The number of hydrogen-bond donors (Lipinski definition) is 2. The molecule has 0 amide bonds. The van der Waals surface area contributed by atoms with Crippen molar-refractivity contribution in [1.82, 2.24) is 0 Å². The number of fused-ring (bicyclic) bond motifs is 5. The first-order valence-corrected chi connectivity index (χ1v) is 13.8. The Bertz CT molecular complexity index is 942. The van der Waals surface area contributed by atoms with Crippen LogP contribution in [0.3, 0.4) is 0 Å². The lowest BCUT2D eigenvalue weighted by molar-refractivity contribution is -0.140. The molecule has 4 heteroatoms. The van der Waals surface area contributed by atoms with Crippen molar-refractivity contribution < 1.29 is 19.7 Å². The maximum absolute atomic E-state index is 11.6. The fraction of sp³-hybridized carbons (Fsp3) is 0.774. The maximum Gasteiger partial charge on any atom is 0.293 e. The largest absolute Gasteiger partial charge is 0.512 e. The third-order valence-electron chi connectivity index (χ3n) is 11.6. The average Bonchev–Trinajstić information content (AvgIpc) is 3.06.